The largest absolute Gasteiger partial charge is 0.480 e. The first-order valence-corrected chi connectivity index (χ1v) is 4.98. The van der Waals surface area contributed by atoms with Crippen molar-refractivity contribution in [1.82, 2.24) is 10.2 Å². The number of carbonyl (C=O) groups is 2. The minimum Gasteiger partial charge on any atom is -0.480 e. The first kappa shape index (κ1) is 11.9. The van der Waals surface area contributed by atoms with Gasteiger partial charge in [0.1, 0.15) is 12.6 Å². The Balaban J connectivity index is 2.50. The van der Waals surface area contributed by atoms with Crippen LogP contribution in [0, 0.1) is 0 Å². The highest BCUT2D eigenvalue weighted by Crippen LogP contribution is 2.02. The van der Waals surface area contributed by atoms with Crippen molar-refractivity contribution in [2.45, 2.75) is 13.0 Å². The van der Waals surface area contributed by atoms with Gasteiger partial charge < -0.3 is 20.1 Å². The zero-order valence-electron chi connectivity index (χ0n) is 8.73. The molecule has 86 valence electrons. The Morgan fingerprint density at radius 2 is 2.33 bits per heavy atom. The summed E-state index contributed by atoms with van der Waals surface area (Å²) in [5.74, 6) is -1.26. The average Bonchev–Trinajstić information content (AvgIpc) is 2.26. The predicted molar refractivity (Wildman–Crippen MR) is 52.5 cm³/mol. The number of amides is 1. The Morgan fingerprint density at radius 3 is 2.80 bits per heavy atom. The molecule has 6 heteroatoms. The van der Waals surface area contributed by atoms with Crippen molar-refractivity contribution >= 4 is 11.9 Å². The van der Waals surface area contributed by atoms with Gasteiger partial charge in [-0.2, -0.15) is 0 Å². The minimum atomic E-state index is -1.01. The lowest BCUT2D eigenvalue weighted by Crippen LogP contribution is -2.50. The molecule has 0 aromatic heterocycles. The first-order chi connectivity index (χ1) is 7.15. The van der Waals surface area contributed by atoms with Crippen molar-refractivity contribution in [2.75, 3.05) is 32.8 Å². The Morgan fingerprint density at radius 1 is 1.60 bits per heavy atom. The van der Waals surface area contributed by atoms with Gasteiger partial charge in [0.2, 0.25) is 0 Å². The molecule has 2 N–H and O–H groups in total. The second-order valence-corrected chi connectivity index (χ2v) is 3.31. The summed E-state index contributed by atoms with van der Waals surface area (Å²) in [6.45, 7) is 3.53. The van der Waals surface area contributed by atoms with Gasteiger partial charge in [-0.25, -0.2) is 0 Å². The van der Waals surface area contributed by atoms with Crippen molar-refractivity contribution < 1.29 is 19.4 Å². The van der Waals surface area contributed by atoms with Gasteiger partial charge in [-0.15, -0.1) is 0 Å². The molecule has 0 aromatic rings. The second kappa shape index (κ2) is 5.67. The third-order valence-corrected chi connectivity index (χ3v) is 2.22. The van der Waals surface area contributed by atoms with Crippen LogP contribution in [0.25, 0.3) is 0 Å². The van der Waals surface area contributed by atoms with E-state index in [9.17, 15) is 9.59 Å². The summed E-state index contributed by atoms with van der Waals surface area (Å²) in [4.78, 5) is 23.5. The standard InChI is InChI=1S/C9H16N2O4/c1-2-11(6-8(12)13)9(14)7-5-10-3-4-15-7/h7,10H,2-6H2,1H3,(H,12,13). The second-order valence-electron chi connectivity index (χ2n) is 3.31. The van der Waals surface area contributed by atoms with Crippen LogP contribution in [0.1, 0.15) is 6.92 Å². The maximum atomic E-state index is 11.8. The lowest BCUT2D eigenvalue weighted by atomic mass is 10.2. The Hall–Kier alpha value is -1.14. The fourth-order valence-corrected chi connectivity index (χ4v) is 1.44. The summed E-state index contributed by atoms with van der Waals surface area (Å²) in [6, 6.07) is 0. The van der Waals surface area contributed by atoms with E-state index in [0.717, 1.165) is 6.54 Å². The number of carbonyl (C=O) groups excluding carboxylic acids is 1. The molecule has 1 rings (SSSR count). The van der Waals surface area contributed by atoms with Gasteiger partial charge in [0.15, 0.2) is 0 Å². The summed E-state index contributed by atoms with van der Waals surface area (Å²) >= 11 is 0. The van der Waals surface area contributed by atoms with Crippen LogP contribution < -0.4 is 5.32 Å². The van der Waals surface area contributed by atoms with E-state index >= 15 is 0 Å². The maximum absolute atomic E-state index is 11.8. The van der Waals surface area contributed by atoms with Crippen molar-refractivity contribution in [2.24, 2.45) is 0 Å². The van der Waals surface area contributed by atoms with E-state index in [-0.39, 0.29) is 12.5 Å². The fourth-order valence-electron chi connectivity index (χ4n) is 1.44. The van der Waals surface area contributed by atoms with E-state index in [2.05, 4.69) is 5.32 Å². The van der Waals surface area contributed by atoms with E-state index in [1.54, 1.807) is 6.92 Å². The van der Waals surface area contributed by atoms with E-state index in [1.165, 1.54) is 4.90 Å². The van der Waals surface area contributed by atoms with Crippen LogP contribution in [0.2, 0.25) is 0 Å². The maximum Gasteiger partial charge on any atom is 0.323 e. The molecule has 1 saturated heterocycles. The molecule has 6 nitrogen and oxygen atoms in total. The number of likely N-dealkylation sites (N-methyl/N-ethyl adjacent to an activating group) is 1. The molecule has 0 aliphatic carbocycles. The van der Waals surface area contributed by atoms with Gasteiger partial charge in [0, 0.05) is 19.6 Å². The number of aliphatic carboxylic acids is 1. The van der Waals surface area contributed by atoms with E-state index in [1.807, 2.05) is 0 Å². The quantitative estimate of drug-likeness (QED) is 0.624. The molecule has 1 atom stereocenters. The molecule has 15 heavy (non-hydrogen) atoms. The number of hydrogen-bond donors (Lipinski definition) is 2. The van der Waals surface area contributed by atoms with Gasteiger partial charge in [-0.05, 0) is 6.92 Å². The number of nitrogens with one attached hydrogen (secondary N) is 1. The summed E-state index contributed by atoms with van der Waals surface area (Å²) in [7, 11) is 0. The summed E-state index contributed by atoms with van der Waals surface area (Å²) in [5, 5.41) is 11.6. The van der Waals surface area contributed by atoms with Gasteiger partial charge in [0.25, 0.3) is 5.91 Å². The van der Waals surface area contributed by atoms with E-state index in [0.29, 0.717) is 19.7 Å². The highest BCUT2D eigenvalue weighted by Gasteiger charge is 2.26. The third-order valence-electron chi connectivity index (χ3n) is 2.22. The molecule has 1 amide bonds. The Bertz CT molecular complexity index is 238. The lowest BCUT2D eigenvalue weighted by Gasteiger charge is -2.28. The van der Waals surface area contributed by atoms with Crippen LogP contribution in [0.15, 0.2) is 0 Å². The van der Waals surface area contributed by atoms with E-state index in [4.69, 9.17) is 9.84 Å². The SMILES string of the molecule is CCN(CC(=O)O)C(=O)C1CNCCO1. The minimum absolute atomic E-state index is 0.257. The van der Waals surface area contributed by atoms with Crippen LogP contribution in [-0.2, 0) is 14.3 Å². The molecule has 1 fully saturated rings. The fraction of sp³-hybridized carbons (Fsp3) is 0.778. The van der Waals surface area contributed by atoms with Gasteiger partial charge >= 0.3 is 5.97 Å². The number of hydrogen-bond acceptors (Lipinski definition) is 4. The predicted octanol–water partition coefficient (Wildman–Crippen LogP) is -1.09. The zero-order chi connectivity index (χ0) is 11.3. The first-order valence-electron chi connectivity index (χ1n) is 4.98. The van der Waals surface area contributed by atoms with Crippen molar-refractivity contribution in [3.05, 3.63) is 0 Å². The van der Waals surface area contributed by atoms with Crippen molar-refractivity contribution in [3.8, 4) is 0 Å². The number of ether oxygens (including phenoxy) is 1. The molecule has 1 aliphatic heterocycles. The monoisotopic (exact) mass is 216 g/mol. The molecule has 0 saturated carbocycles. The normalized spacial score (nSPS) is 21.0. The smallest absolute Gasteiger partial charge is 0.323 e. The molecular formula is C9H16N2O4. The Kier molecular flexibility index (Phi) is 4.51. The summed E-state index contributed by atoms with van der Waals surface area (Å²) in [6.07, 6.45) is -0.543. The molecule has 0 radical (unpaired) electrons. The Labute approximate surface area is 88.2 Å². The molecular weight excluding hydrogens is 200 g/mol. The molecule has 0 aromatic carbocycles. The topological polar surface area (TPSA) is 78.9 Å². The molecule has 0 bridgehead atoms. The van der Waals surface area contributed by atoms with Gasteiger partial charge in [-0.1, -0.05) is 0 Å². The summed E-state index contributed by atoms with van der Waals surface area (Å²) < 4.78 is 5.26. The highest BCUT2D eigenvalue weighted by atomic mass is 16.5. The molecule has 1 unspecified atom stereocenters. The van der Waals surface area contributed by atoms with E-state index < -0.39 is 12.1 Å². The molecule has 0 spiro atoms. The van der Waals surface area contributed by atoms with Crippen LogP contribution in [-0.4, -0.2) is 60.8 Å². The average molecular weight is 216 g/mol. The van der Waals surface area contributed by atoms with Crippen LogP contribution in [0.3, 0.4) is 0 Å². The molecule has 1 heterocycles. The summed E-state index contributed by atoms with van der Waals surface area (Å²) in [5.41, 5.74) is 0. The highest BCUT2D eigenvalue weighted by molar-refractivity contribution is 5.84. The number of nitrogens with zero attached hydrogens (tertiary/aromatic N) is 1. The zero-order valence-corrected chi connectivity index (χ0v) is 8.73. The third kappa shape index (κ3) is 3.49. The van der Waals surface area contributed by atoms with Crippen LogP contribution in [0.4, 0.5) is 0 Å². The van der Waals surface area contributed by atoms with Gasteiger partial charge in [-0.3, -0.25) is 9.59 Å². The number of carboxylic acids is 1. The van der Waals surface area contributed by atoms with Crippen LogP contribution in [0.5, 0.6) is 0 Å². The van der Waals surface area contributed by atoms with Crippen LogP contribution >= 0.6 is 0 Å². The number of carboxylic acid groups (broad SMARTS) is 1. The number of morpholine rings is 1. The van der Waals surface area contributed by atoms with Gasteiger partial charge in [0.05, 0.1) is 6.61 Å². The van der Waals surface area contributed by atoms with Crippen molar-refractivity contribution in [3.63, 3.8) is 0 Å². The lowest BCUT2D eigenvalue weighted by molar-refractivity contribution is -0.151. The number of rotatable bonds is 4. The molecule has 1 aliphatic rings. The van der Waals surface area contributed by atoms with Crippen molar-refractivity contribution in [1.29, 1.82) is 0 Å².